The van der Waals surface area contributed by atoms with Crippen LogP contribution in [0.15, 0.2) is 51.8 Å². The van der Waals surface area contributed by atoms with Crippen molar-refractivity contribution < 1.29 is 23.1 Å². The molecule has 1 aliphatic rings. The SMILES string of the molecule is COc1cc(C=CC(=O)c2ccc(S(=O)(=O)N3CCCC3)cc2)cc(Br)c1O. The number of allylic oxidation sites excluding steroid dienone is 1. The normalized spacial score (nSPS) is 15.2. The third-order valence-corrected chi connectivity index (χ3v) is 7.06. The fourth-order valence-electron chi connectivity index (χ4n) is 2.98. The predicted molar refractivity (Wildman–Crippen MR) is 110 cm³/mol. The smallest absolute Gasteiger partial charge is 0.243 e. The van der Waals surface area contributed by atoms with Gasteiger partial charge >= 0.3 is 0 Å². The number of ketones is 1. The number of phenolic OH excluding ortho intramolecular Hbond substituents is 1. The molecule has 2 aromatic carbocycles. The molecule has 0 saturated carbocycles. The summed E-state index contributed by atoms with van der Waals surface area (Å²) in [5.41, 5.74) is 1.06. The minimum atomic E-state index is -3.49. The first-order valence-electron chi connectivity index (χ1n) is 8.72. The summed E-state index contributed by atoms with van der Waals surface area (Å²) in [6.07, 6.45) is 4.74. The van der Waals surface area contributed by atoms with E-state index in [2.05, 4.69) is 15.9 Å². The van der Waals surface area contributed by atoms with E-state index in [0.717, 1.165) is 12.8 Å². The maximum absolute atomic E-state index is 12.5. The van der Waals surface area contributed by atoms with E-state index in [1.165, 1.54) is 41.8 Å². The van der Waals surface area contributed by atoms with Crippen LogP contribution >= 0.6 is 15.9 Å². The topological polar surface area (TPSA) is 83.9 Å². The minimum absolute atomic E-state index is 0.0132. The number of methoxy groups -OCH3 is 1. The molecule has 1 saturated heterocycles. The Morgan fingerprint density at radius 2 is 1.82 bits per heavy atom. The number of nitrogens with zero attached hydrogens (tertiary/aromatic N) is 1. The molecule has 0 bridgehead atoms. The average Bonchev–Trinajstić information content (AvgIpc) is 3.24. The van der Waals surface area contributed by atoms with Gasteiger partial charge in [0.15, 0.2) is 17.3 Å². The largest absolute Gasteiger partial charge is 0.503 e. The number of hydrogen-bond acceptors (Lipinski definition) is 5. The molecule has 1 heterocycles. The third kappa shape index (κ3) is 4.29. The molecule has 2 aromatic rings. The van der Waals surface area contributed by atoms with Crippen molar-refractivity contribution in [1.82, 2.24) is 4.31 Å². The molecule has 3 rings (SSSR count). The average molecular weight is 466 g/mol. The van der Waals surface area contributed by atoms with Crippen LogP contribution in [0.5, 0.6) is 11.5 Å². The molecule has 28 heavy (non-hydrogen) atoms. The van der Waals surface area contributed by atoms with Gasteiger partial charge in [-0.2, -0.15) is 4.31 Å². The first-order chi connectivity index (χ1) is 13.3. The molecule has 0 aliphatic carbocycles. The number of ether oxygens (including phenoxy) is 1. The molecule has 0 atom stereocenters. The van der Waals surface area contributed by atoms with Crippen molar-refractivity contribution in [2.45, 2.75) is 17.7 Å². The summed E-state index contributed by atoms with van der Waals surface area (Å²) >= 11 is 3.23. The van der Waals surface area contributed by atoms with Crippen LogP contribution in [0.2, 0.25) is 0 Å². The fraction of sp³-hybridized carbons (Fsp3) is 0.250. The van der Waals surface area contributed by atoms with Gasteiger partial charge in [-0.3, -0.25) is 4.79 Å². The van der Waals surface area contributed by atoms with Crippen molar-refractivity contribution in [2.24, 2.45) is 0 Å². The summed E-state index contributed by atoms with van der Waals surface area (Å²) in [6.45, 7) is 1.08. The molecule has 1 N–H and O–H groups in total. The molecule has 0 unspecified atom stereocenters. The summed E-state index contributed by atoms with van der Waals surface area (Å²) in [6, 6.07) is 9.23. The van der Waals surface area contributed by atoms with Crippen LogP contribution in [-0.2, 0) is 10.0 Å². The van der Waals surface area contributed by atoms with E-state index in [1.807, 2.05) is 0 Å². The van der Waals surface area contributed by atoms with Crippen LogP contribution in [0.1, 0.15) is 28.8 Å². The highest BCUT2D eigenvalue weighted by atomic mass is 79.9. The second kappa shape index (κ2) is 8.46. The van der Waals surface area contributed by atoms with Crippen molar-refractivity contribution in [3.05, 3.63) is 58.1 Å². The second-order valence-electron chi connectivity index (χ2n) is 6.39. The van der Waals surface area contributed by atoms with Gasteiger partial charge in [-0.15, -0.1) is 0 Å². The molecule has 0 radical (unpaired) electrons. The Morgan fingerprint density at radius 3 is 2.43 bits per heavy atom. The van der Waals surface area contributed by atoms with Gasteiger partial charge in [-0.05, 0) is 76.8 Å². The lowest BCUT2D eigenvalue weighted by Crippen LogP contribution is -2.27. The summed E-state index contributed by atoms with van der Waals surface area (Å²) in [4.78, 5) is 12.6. The maximum Gasteiger partial charge on any atom is 0.243 e. The lowest BCUT2D eigenvalue weighted by atomic mass is 10.1. The van der Waals surface area contributed by atoms with E-state index in [9.17, 15) is 18.3 Å². The molecular weight excluding hydrogens is 446 g/mol. The summed E-state index contributed by atoms with van der Waals surface area (Å²) < 4.78 is 32.1. The van der Waals surface area contributed by atoms with Crippen LogP contribution < -0.4 is 4.74 Å². The highest BCUT2D eigenvalue weighted by Crippen LogP contribution is 2.35. The summed E-state index contributed by atoms with van der Waals surface area (Å²) in [5.74, 6) is 0.0204. The number of carbonyl (C=O) groups excluding carboxylic acids is 1. The van der Waals surface area contributed by atoms with E-state index < -0.39 is 10.0 Å². The molecular formula is C20H20BrNO5S. The quantitative estimate of drug-likeness (QED) is 0.517. The Bertz CT molecular complexity index is 1010. The Kier molecular flexibility index (Phi) is 6.22. The third-order valence-electron chi connectivity index (χ3n) is 4.54. The fourth-order valence-corrected chi connectivity index (χ4v) is 4.96. The summed E-state index contributed by atoms with van der Waals surface area (Å²) in [7, 11) is -2.05. The Labute approximate surface area is 172 Å². The Balaban J connectivity index is 1.76. The van der Waals surface area contributed by atoms with Gasteiger partial charge < -0.3 is 9.84 Å². The zero-order valence-corrected chi connectivity index (χ0v) is 17.7. The van der Waals surface area contributed by atoms with Crippen LogP contribution in [0.4, 0.5) is 0 Å². The molecule has 0 aromatic heterocycles. The highest BCUT2D eigenvalue weighted by molar-refractivity contribution is 9.10. The number of carbonyl (C=O) groups is 1. The molecule has 1 aliphatic heterocycles. The second-order valence-corrected chi connectivity index (χ2v) is 9.18. The van der Waals surface area contributed by atoms with E-state index in [4.69, 9.17) is 4.74 Å². The molecule has 6 nitrogen and oxygen atoms in total. The standard InChI is InChI=1S/C20H20BrNO5S/c1-27-19-13-14(12-17(21)20(19)24)4-9-18(23)15-5-7-16(8-6-15)28(25,26)22-10-2-3-11-22/h4-9,12-13,24H,2-3,10-11H2,1H3. The van der Waals surface area contributed by atoms with Crippen molar-refractivity contribution >= 4 is 37.8 Å². The van der Waals surface area contributed by atoms with Crippen molar-refractivity contribution in [3.8, 4) is 11.5 Å². The predicted octanol–water partition coefficient (Wildman–Crippen LogP) is 3.84. The number of aromatic hydroxyl groups is 1. The lowest BCUT2D eigenvalue weighted by Gasteiger charge is -2.15. The zero-order valence-electron chi connectivity index (χ0n) is 15.3. The number of sulfonamides is 1. The lowest BCUT2D eigenvalue weighted by molar-refractivity contribution is 0.104. The van der Waals surface area contributed by atoms with E-state index in [-0.39, 0.29) is 22.2 Å². The minimum Gasteiger partial charge on any atom is -0.503 e. The molecule has 148 valence electrons. The van der Waals surface area contributed by atoms with Gasteiger partial charge in [0.05, 0.1) is 16.5 Å². The van der Waals surface area contributed by atoms with Crippen LogP contribution in [-0.4, -0.2) is 43.8 Å². The number of halogens is 1. The van der Waals surface area contributed by atoms with Gasteiger partial charge in [0.25, 0.3) is 0 Å². The van der Waals surface area contributed by atoms with Crippen LogP contribution in [0.3, 0.4) is 0 Å². The van der Waals surface area contributed by atoms with Gasteiger partial charge in [0.2, 0.25) is 10.0 Å². The Hall–Kier alpha value is -2.16. The number of phenols is 1. The molecule has 0 amide bonds. The summed E-state index contributed by atoms with van der Waals surface area (Å²) in [5, 5.41) is 9.83. The van der Waals surface area contributed by atoms with Crippen molar-refractivity contribution in [3.63, 3.8) is 0 Å². The highest BCUT2D eigenvalue weighted by Gasteiger charge is 2.27. The number of hydrogen-bond donors (Lipinski definition) is 1. The first-order valence-corrected chi connectivity index (χ1v) is 11.0. The monoisotopic (exact) mass is 465 g/mol. The Morgan fingerprint density at radius 1 is 1.18 bits per heavy atom. The van der Waals surface area contributed by atoms with Gasteiger partial charge in [-0.25, -0.2) is 8.42 Å². The van der Waals surface area contributed by atoms with E-state index in [1.54, 1.807) is 18.2 Å². The zero-order chi connectivity index (χ0) is 20.3. The van der Waals surface area contributed by atoms with E-state index >= 15 is 0 Å². The van der Waals surface area contributed by atoms with Crippen molar-refractivity contribution in [2.75, 3.05) is 20.2 Å². The van der Waals surface area contributed by atoms with Crippen LogP contribution in [0.25, 0.3) is 6.08 Å². The van der Waals surface area contributed by atoms with Crippen LogP contribution in [0, 0.1) is 0 Å². The van der Waals surface area contributed by atoms with Crippen molar-refractivity contribution in [1.29, 1.82) is 0 Å². The van der Waals surface area contributed by atoms with Gasteiger partial charge in [-0.1, -0.05) is 6.08 Å². The van der Waals surface area contributed by atoms with E-state index in [0.29, 0.717) is 28.7 Å². The molecule has 8 heteroatoms. The number of rotatable bonds is 6. The molecule has 1 fully saturated rings. The first kappa shape index (κ1) is 20.6. The van der Waals surface area contributed by atoms with Gasteiger partial charge in [0.1, 0.15) is 0 Å². The molecule has 0 spiro atoms. The van der Waals surface area contributed by atoms with Gasteiger partial charge in [0, 0.05) is 18.7 Å². The maximum atomic E-state index is 12.5. The number of benzene rings is 2.